The van der Waals surface area contributed by atoms with E-state index in [4.69, 9.17) is 25.2 Å². The third-order valence-corrected chi connectivity index (χ3v) is 9.84. The van der Waals surface area contributed by atoms with Crippen LogP contribution in [-0.2, 0) is 52.0 Å². The van der Waals surface area contributed by atoms with Crippen LogP contribution in [0.15, 0.2) is 60.9 Å². The van der Waals surface area contributed by atoms with Gasteiger partial charge in [-0.05, 0) is 86.1 Å². The van der Waals surface area contributed by atoms with E-state index in [1.165, 1.54) is 0 Å². The molecule has 6 aromatic rings. The minimum absolute atomic E-state index is 0.303. The van der Waals surface area contributed by atoms with Crippen LogP contribution >= 0.6 is 0 Å². The van der Waals surface area contributed by atoms with E-state index in [2.05, 4.69) is 96.9 Å². The normalized spacial score (nSPS) is 11.9. The van der Waals surface area contributed by atoms with Gasteiger partial charge in [0, 0.05) is 38.8 Å². The fourth-order valence-corrected chi connectivity index (χ4v) is 7.48. The second-order valence-electron chi connectivity index (χ2n) is 14.2. The van der Waals surface area contributed by atoms with Gasteiger partial charge in [-0.3, -0.25) is 9.36 Å². The fourth-order valence-electron chi connectivity index (χ4n) is 7.48. The van der Waals surface area contributed by atoms with E-state index in [9.17, 15) is 0 Å². The molecule has 0 fully saturated rings. The number of aromatic nitrogens is 6. The van der Waals surface area contributed by atoms with Crippen molar-refractivity contribution in [2.45, 2.75) is 121 Å². The van der Waals surface area contributed by atoms with Crippen LogP contribution < -0.4 is 20.4 Å². The summed E-state index contributed by atoms with van der Waals surface area (Å²) < 4.78 is 17.0. The summed E-state index contributed by atoms with van der Waals surface area (Å²) in [4.78, 5) is 0. The fraction of sp³-hybridized carbons (Fsp3) is 0.391. The van der Waals surface area contributed by atoms with Crippen LogP contribution in [0.25, 0.3) is 0 Å². The zero-order valence-electron chi connectivity index (χ0n) is 35.1. The third-order valence-electron chi connectivity index (χ3n) is 9.84. The quantitative estimate of drug-likeness (QED) is 0.149. The molecule has 4 aromatic carbocycles. The lowest BCUT2D eigenvalue weighted by atomic mass is 9.78. The zero-order valence-corrected chi connectivity index (χ0v) is 35.1. The molecule has 56 heavy (non-hydrogen) atoms. The Morgan fingerprint density at radius 3 is 1.00 bits per heavy atom. The van der Waals surface area contributed by atoms with Crippen LogP contribution in [0.3, 0.4) is 0 Å². The Morgan fingerprint density at radius 2 is 0.750 bits per heavy atom. The maximum atomic E-state index is 7.11. The number of benzene rings is 4. The second-order valence-corrected chi connectivity index (χ2v) is 14.2. The minimum atomic E-state index is 0.303. The molecule has 2 heterocycles. The third kappa shape index (κ3) is 9.81. The molecule has 0 spiro atoms. The van der Waals surface area contributed by atoms with Gasteiger partial charge in [-0.25, -0.2) is 0 Å². The first-order valence-electron chi connectivity index (χ1n) is 20.1. The van der Waals surface area contributed by atoms with E-state index in [0.717, 1.165) is 114 Å². The molecular weight excluding hydrogens is 690 g/mol. The van der Waals surface area contributed by atoms with Gasteiger partial charge in [0.15, 0.2) is 0 Å². The molecule has 1 aliphatic carbocycles. The number of ether oxygens (including phenoxy) is 2. The first kappa shape index (κ1) is 42.0. The molecule has 2 aromatic heterocycles. The van der Waals surface area contributed by atoms with Crippen molar-refractivity contribution in [1.82, 2.24) is 30.0 Å². The Labute approximate surface area is 336 Å². The monoisotopic (exact) mass is 746 g/mol. The van der Waals surface area contributed by atoms with Gasteiger partial charge in [-0.1, -0.05) is 120 Å². The Morgan fingerprint density at radius 1 is 0.482 bits per heavy atom. The van der Waals surface area contributed by atoms with Crippen molar-refractivity contribution in [1.29, 1.82) is 0 Å². The minimum Gasteiger partial charge on any atom is -0.487 e. The molecule has 0 saturated heterocycles. The van der Waals surface area contributed by atoms with Crippen LogP contribution in [0.5, 0.6) is 11.5 Å². The van der Waals surface area contributed by atoms with Gasteiger partial charge in [0.2, 0.25) is 0 Å². The van der Waals surface area contributed by atoms with Gasteiger partial charge in [-0.2, -0.15) is 0 Å². The molecule has 10 heteroatoms. The summed E-state index contributed by atoms with van der Waals surface area (Å²) in [6.07, 6.45) is 6.30. The highest BCUT2D eigenvalue weighted by atomic mass is 16.5. The molecular formula is C46H56B2N6O2. The molecule has 1 aliphatic rings. The van der Waals surface area contributed by atoms with E-state index >= 15 is 0 Å². The van der Waals surface area contributed by atoms with Gasteiger partial charge >= 0.3 is 0 Å². The maximum absolute atomic E-state index is 7.11. The zero-order chi connectivity index (χ0) is 40.5. The lowest BCUT2D eigenvalue weighted by molar-refractivity contribution is 0.295. The summed E-state index contributed by atoms with van der Waals surface area (Å²) >= 11 is 0. The van der Waals surface area contributed by atoms with Crippen molar-refractivity contribution in [2.75, 3.05) is 0 Å². The number of nitrogens with zero attached hydrogens (tertiary/aromatic N) is 6. The molecule has 0 saturated carbocycles. The topological polar surface area (TPSA) is 79.9 Å². The number of hydrogen-bond acceptors (Lipinski definition) is 6. The van der Waals surface area contributed by atoms with E-state index in [1.54, 1.807) is 0 Å². The molecule has 8 bridgehead atoms. The van der Waals surface area contributed by atoms with E-state index in [0.29, 0.717) is 38.9 Å². The Bertz CT molecular complexity index is 2020. The van der Waals surface area contributed by atoms with Crippen molar-refractivity contribution in [2.24, 2.45) is 0 Å². The first-order chi connectivity index (χ1) is 27.1. The lowest BCUT2D eigenvalue weighted by Gasteiger charge is -2.23. The predicted octanol–water partition coefficient (Wildman–Crippen LogP) is 7.62. The molecule has 0 atom stereocenters. The summed E-state index contributed by atoms with van der Waals surface area (Å²) in [5, 5.41) is 17.2. The van der Waals surface area contributed by atoms with Crippen molar-refractivity contribution in [3.63, 3.8) is 0 Å². The highest BCUT2D eigenvalue weighted by molar-refractivity contribution is 6.35. The van der Waals surface area contributed by atoms with Crippen LogP contribution in [0.4, 0.5) is 0 Å². The highest BCUT2D eigenvalue weighted by Crippen LogP contribution is 2.34. The lowest BCUT2D eigenvalue weighted by Crippen LogP contribution is -2.21. The van der Waals surface area contributed by atoms with Gasteiger partial charge < -0.3 is 9.47 Å². The number of fused-ring (bicyclic) bond motifs is 8. The second kappa shape index (κ2) is 19.2. The summed E-state index contributed by atoms with van der Waals surface area (Å²) in [5.41, 5.74) is 16.2. The molecule has 288 valence electrons. The van der Waals surface area contributed by atoms with E-state index in [-0.39, 0.29) is 0 Å². The Hall–Kier alpha value is -5.11. The standard InChI is InChI=1S/C42H44B2N6O2.2C2H6/c1-7-49-21-37(45-47-49)23-51-41-33-13-27(5)14-34(41)18-30-10-26(4)12-32(40(30)44)20-36-16-28(6)15-35(19-31-11-25(3)9-29(17-33)39(31)43)42(36)52-24-38-22-50(8-2)48-46-38;2*1-2/h9-16,21-22H,7-8,17-20,23-24H2,1-6H3;2*1-2H3. The van der Waals surface area contributed by atoms with Crippen molar-refractivity contribution in [3.05, 3.63) is 139 Å². The van der Waals surface area contributed by atoms with E-state index < -0.39 is 0 Å². The molecule has 0 unspecified atom stereocenters. The van der Waals surface area contributed by atoms with Crippen LogP contribution in [0, 0.1) is 27.7 Å². The van der Waals surface area contributed by atoms with Crippen molar-refractivity contribution < 1.29 is 9.47 Å². The van der Waals surface area contributed by atoms with Crippen molar-refractivity contribution in [3.8, 4) is 11.5 Å². The smallest absolute Gasteiger partial charge is 0.134 e. The van der Waals surface area contributed by atoms with Gasteiger partial charge in [0.05, 0.1) is 12.4 Å². The Kier molecular flexibility index (Phi) is 14.4. The number of hydrogen-bond donors (Lipinski definition) is 0. The average molecular weight is 747 g/mol. The molecule has 7 rings (SSSR count). The highest BCUT2D eigenvalue weighted by Gasteiger charge is 2.21. The van der Waals surface area contributed by atoms with Gasteiger partial charge in [0.25, 0.3) is 0 Å². The molecule has 0 N–H and O–H groups in total. The van der Waals surface area contributed by atoms with Gasteiger partial charge in [0.1, 0.15) is 51.8 Å². The molecule has 4 radical (unpaired) electrons. The number of aryl methyl sites for hydroxylation is 6. The number of rotatable bonds is 8. The SMILES string of the molecule is CC.CC.[B]c1c2cc(C)cc1Cc1cc(C)cc(c1OCc1cn(CC)nn1)Cc1cc(C)cc(c1[B])Cc1cc(C)cc(c1OCc1cn(CC)nn1)C2. The summed E-state index contributed by atoms with van der Waals surface area (Å²) in [6.45, 7) is 22.7. The van der Waals surface area contributed by atoms with Crippen molar-refractivity contribution >= 4 is 26.6 Å². The Balaban J connectivity index is 0.00000145. The molecule has 0 aliphatic heterocycles. The summed E-state index contributed by atoms with van der Waals surface area (Å²) in [7, 11) is 14.2. The van der Waals surface area contributed by atoms with Crippen LogP contribution in [0.2, 0.25) is 0 Å². The predicted molar refractivity (Wildman–Crippen MR) is 229 cm³/mol. The largest absolute Gasteiger partial charge is 0.487 e. The van der Waals surface area contributed by atoms with Crippen LogP contribution in [-0.4, -0.2) is 45.7 Å². The van der Waals surface area contributed by atoms with Crippen LogP contribution in [0.1, 0.15) is 120 Å². The molecule has 8 nitrogen and oxygen atoms in total. The average Bonchev–Trinajstić information content (AvgIpc) is 3.85. The summed E-state index contributed by atoms with van der Waals surface area (Å²) in [6, 6.07) is 17.6. The van der Waals surface area contributed by atoms with E-state index in [1.807, 2.05) is 63.3 Å². The first-order valence-corrected chi connectivity index (χ1v) is 20.1. The van der Waals surface area contributed by atoms with Gasteiger partial charge in [-0.15, -0.1) is 10.2 Å². The summed E-state index contributed by atoms with van der Waals surface area (Å²) in [5.74, 6) is 1.68. The maximum Gasteiger partial charge on any atom is 0.134 e. The molecule has 0 amide bonds.